The molecule has 0 bridgehead atoms. The fourth-order valence-corrected chi connectivity index (χ4v) is 4.33. The molecule has 1 aromatic heterocycles. The molecule has 1 saturated heterocycles. The van der Waals surface area contributed by atoms with Gasteiger partial charge in [0.1, 0.15) is 24.7 Å². The van der Waals surface area contributed by atoms with Crippen molar-refractivity contribution in [1.82, 2.24) is 14.5 Å². The number of benzene rings is 2. The van der Waals surface area contributed by atoms with Crippen LogP contribution in [0.1, 0.15) is 11.4 Å². The topological polar surface area (TPSA) is 64.4 Å². The molecule has 0 amide bonds. The Morgan fingerprint density at radius 3 is 2.55 bits per heavy atom. The van der Waals surface area contributed by atoms with Gasteiger partial charge in [0.25, 0.3) is 0 Å². The van der Waals surface area contributed by atoms with Crippen molar-refractivity contribution in [3.05, 3.63) is 59.9 Å². The molecule has 2 unspecified atom stereocenters. The highest BCUT2D eigenvalue weighted by Gasteiger charge is 2.33. The van der Waals surface area contributed by atoms with E-state index in [4.69, 9.17) is 4.74 Å². The van der Waals surface area contributed by atoms with Gasteiger partial charge in [0.05, 0.1) is 15.9 Å². The van der Waals surface area contributed by atoms with Gasteiger partial charge in [0.15, 0.2) is 9.84 Å². The summed E-state index contributed by atoms with van der Waals surface area (Å²) >= 11 is 0. The Labute approximate surface area is 169 Å². The van der Waals surface area contributed by atoms with Gasteiger partial charge in [-0.05, 0) is 29.8 Å². The van der Waals surface area contributed by atoms with Gasteiger partial charge >= 0.3 is 0 Å². The van der Waals surface area contributed by atoms with Crippen LogP contribution >= 0.6 is 0 Å². The number of ether oxygens (including phenoxy) is 1. The molecule has 0 radical (unpaired) electrons. The van der Waals surface area contributed by atoms with E-state index in [9.17, 15) is 12.8 Å². The van der Waals surface area contributed by atoms with Crippen molar-refractivity contribution in [3.63, 3.8) is 0 Å². The molecule has 3 aromatic rings. The quantitative estimate of drug-likeness (QED) is 0.617. The number of para-hydroxylation sites is 2. The van der Waals surface area contributed by atoms with Gasteiger partial charge in [-0.2, -0.15) is 0 Å². The van der Waals surface area contributed by atoms with Gasteiger partial charge in [-0.3, -0.25) is 4.90 Å². The SMILES string of the molecule is Cn1c(COC2CN(Cc3ccc(S(C)(=O)=O)cc3)CC2F)nc2ccccc21. The molecular formula is C21H24FN3O3S. The van der Waals surface area contributed by atoms with Crippen LogP contribution in [0.25, 0.3) is 11.0 Å². The summed E-state index contributed by atoms with van der Waals surface area (Å²) in [6.45, 7) is 1.59. The monoisotopic (exact) mass is 417 g/mol. The summed E-state index contributed by atoms with van der Waals surface area (Å²) in [5.74, 6) is 0.771. The van der Waals surface area contributed by atoms with Gasteiger partial charge in [-0.1, -0.05) is 24.3 Å². The minimum absolute atomic E-state index is 0.257. The summed E-state index contributed by atoms with van der Waals surface area (Å²) in [4.78, 5) is 6.84. The van der Waals surface area contributed by atoms with Crippen LogP contribution in [0.15, 0.2) is 53.4 Å². The number of hydrogen-bond donors (Lipinski definition) is 0. The predicted octanol–water partition coefficient (Wildman–Crippen LogP) is 2.72. The van der Waals surface area contributed by atoms with Crippen LogP contribution in [0.4, 0.5) is 4.39 Å². The number of halogens is 1. The number of alkyl halides is 1. The number of aromatic nitrogens is 2. The molecule has 2 atom stereocenters. The zero-order valence-corrected chi connectivity index (χ0v) is 17.3. The lowest BCUT2D eigenvalue weighted by Crippen LogP contribution is -2.25. The molecule has 0 N–H and O–H groups in total. The van der Waals surface area contributed by atoms with Crippen LogP contribution in [-0.2, 0) is 34.8 Å². The first-order valence-electron chi connectivity index (χ1n) is 9.48. The van der Waals surface area contributed by atoms with Crippen molar-refractivity contribution in [2.24, 2.45) is 7.05 Å². The maximum absolute atomic E-state index is 14.5. The lowest BCUT2D eigenvalue weighted by atomic mass is 10.2. The van der Waals surface area contributed by atoms with Crippen LogP contribution in [0.2, 0.25) is 0 Å². The second-order valence-corrected chi connectivity index (χ2v) is 9.57. The average Bonchev–Trinajstić information content (AvgIpc) is 3.19. The van der Waals surface area contributed by atoms with E-state index in [0.29, 0.717) is 19.6 Å². The number of hydrogen-bond acceptors (Lipinski definition) is 5. The Bertz CT molecular complexity index is 1110. The zero-order chi connectivity index (χ0) is 20.6. The summed E-state index contributed by atoms with van der Waals surface area (Å²) in [5, 5.41) is 0. The second-order valence-electron chi connectivity index (χ2n) is 7.55. The molecule has 0 aliphatic carbocycles. The number of imidazole rings is 1. The zero-order valence-electron chi connectivity index (χ0n) is 16.5. The van der Waals surface area contributed by atoms with Crippen molar-refractivity contribution >= 4 is 20.9 Å². The normalized spacial score (nSPS) is 20.5. The van der Waals surface area contributed by atoms with Gasteiger partial charge in [0.2, 0.25) is 0 Å². The Morgan fingerprint density at radius 1 is 1.14 bits per heavy atom. The van der Waals surface area contributed by atoms with E-state index in [1.807, 2.05) is 40.8 Å². The molecule has 4 rings (SSSR count). The van der Waals surface area contributed by atoms with Gasteiger partial charge in [-0.15, -0.1) is 0 Å². The van der Waals surface area contributed by atoms with E-state index >= 15 is 0 Å². The molecule has 154 valence electrons. The van der Waals surface area contributed by atoms with Crippen LogP contribution in [0.5, 0.6) is 0 Å². The molecule has 0 spiro atoms. The molecule has 8 heteroatoms. The fourth-order valence-electron chi connectivity index (χ4n) is 3.70. The summed E-state index contributed by atoms with van der Waals surface area (Å²) in [6.07, 6.45) is -0.395. The van der Waals surface area contributed by atoms with E-state index in [-0.39, 0.29) is 11.5 Å². The minimum atomic E-state index is -3.21. The first-order chi connectivity index (χ1) is 13.8. The van der Waals surface area contributed by atoms with Crippen molar-refractivity contribution in [2.75, 3.05) is 19.3 Å². The van der Waals surface area contributed by atoms with Crippen LogP contribution < -0.4 is 0 Å². The van der Waals surface area contributed by atoms with E-state index in [0.717, 1.165) is 22.4 Å². The predicted molar refractivity (Wildman–Crippen MR) is 109 cm³/mol. The fraction of sp³-hybridized carbons (Fsp3) is 0.381. The summed E-state index contributed by atoms with van der Waals surface area (Å²) in [7, 11) is -1.28. The summed E-state index contributed by atoms with van der Waals surface area (Å²) in [5.41, 5.74) is 2.87. The second kappa shape index (κ2) is 7.85. The third-order valence-corrected chi connectivity index (χ3v) is 6.47. The van der Waals surface area contributed by atoms with Gasteiger partial charge < -0.3 is 9.30 Å². The molecule has 2 aromatic carbocycles. The standard InChI is InChI=1S/C21H24FN3O3S/c1-24-19-6-4-3-5-18(19)23-21(24)14-28-20-13-25(12-17(20)22)11-15-7-9-16(10-8-15)29(2,26)27/h3-10,17,20H,11-14H2,1-2H3. The number of aryl methyl sites for hydroxylation is 1. The lowest BCUT2D eigenvalue weighted by Gasteiger charge is -2.16. The number of nitrogens with zero attached hydrogens (tertiary/aromatic N) is 3. The number of likely N-dealkylation sites (tertiary alicyclic amines) is 1. The molecule has 1 aliphatic heterocycles. The van der Waals surface area contributed by atoms with Gasteiger partial charge in [-0.25, -0.2) is 17.8 Å². The lowest BCUT2D eigenvalue weighted by molar-refractivity contribution is 0.00749. The maximum Gasteiger partial charge on any atom is 0.175 e. The Kier molecular flexibility index (Phi) is 5.42. The third-order valence-electron chi connectivity index (χ3n) is 5.34. The number of rotatable bonds is 6. The van der Waals surface area contributed by atoms with Crippen LogP contribution in [-0.4, -0.2) is 54.5 Å². The first kappa shape index (κ1) is 20.0. The number of fused-ring (bicyclic) bond motifs is 1. The molecule has 6 nitrogen and oxygen atoms in total. The van der Waals surface area contributed by atoms with Crippen molar-refractivity contribution < 1.29 is 17.5 Å². The smallest absolute Gasteiger partial charge is 0.175 e. The highest BCUT2D eigenvalue weighted by molar-refractivity contribution is 7.90. The Morgan fingerprint density at radius 2 is 1.86 bits per heavy atom. The van der Waals surface area contributed by atoms with E-state index < -0.39 is 22.1 Å². The molecule has 1 aliphatic rings. The van der Waals surface area contributed by atoms with Crippen molar-refractivity contribution in [1.29, 1.82) is 0 Å². The maximum atomic E-state index is 14.5. The summed E-state index contributed by atoms with van der Waals surface area (Å²) in [6, 6.07) is 14.6. The van der Waals surface area contributed by atoms with Gasteiger partial charge in [0, 0.05) is 32.9 Å². The van der Waals surface area contributed by atoms with E-state index in [1.54, 1.807) is 24.3 Å². The molecule has 1 fully saturated rings. The van der Waals surface area contributed by atoms with Crippen molar-refractivity contribution in [3.8, 4) is 0 Å². The van der Waals surface area contributed by atoms with Crippen molar-refractivity contribution in [2.45, 2.75) is 30.3 Å². The number of sulfone groups is 1. The van der Waals surface area contributed by atoms with Crippen LogP contribution in [0, 0.1) is 0 Å². The minimum Gasteiger partial charge on any atom is -0.366 e. The highest BCUT2D eigenvalue weighted by atomic mass is 32.2. The Hall–Kier alpha value is -2.29. The third kappa shape index (κ3) is 4.34. The molecule has 2 heterocycles. The van der Waals surface area contributed by atoms with Crippen LogP contribution in [0.3, 0.4) is 0 Å². The van der Waals surface area contributed by atoms with E-state index in [2.05, 4.69) is 4.98 Å². The highest BCUT2D eigenvalue weighted by Crippen LogP contribution is 2.22. The molecular weight excluding hydrogens is 393 g/mol. The molecule has 0 saturated carbocycles. The first-order valence-corrected chi connectivity index (χ1v) is 11.4. The largest absolute Gasteiger partial charge is 0.366 e. The average molecular weight is 418 g/mol. The van der Waals surface area contributed by atoms with E-state index in [1.165, 1.54) is 6.26 Å². The Balaban J connectivity index is 1.36. The summed E-state index contributed by atoms with van der Waals surface area (Å²) < 4.78 is 45.5. The molecule has 29 heavy (non-hydrogen) atoms.